The van der Waals surface area contributed by atoms with Crippen molar-refractivity contribution in [1.82, 2.24) is 0 Å². The molecule has 4 nitrogen and oxygen atoms in total. The second-order valence-electron chi connectivity index (χ2n) is 4.93. The van der Waals surface area contributed by atoms with E-state index in [1.54, 1.807) is 19.2 Å². The SMILES string of the molecule is COc1ccc(Nc2cc(=O)c3cc(Cl)cc(C)c3o2)cc1. The van der Waals surface area contributed by atoms with Crippen LogP contribution in [0.1, 0.15) is 5.56 Å². The Bertz CT molecular complexity index is 885. The summed E-state index contributed by atoms with van der Waals surface area (Å²) < 4.78 is 10.9. The second-order valence-corrected chi connectivity index (χ2v) is 5.36. The van der Waals surface area contributed by atoms with Crippen molar-refractivity contribution in [3.8, 4) is 5.75 Å². The molecule has 0 aliphatic carbocycles. The molecule has 0 radical (unpaired) electrons. The summed E-state index contributed by atoms with van der Waals surface area (Å²) in [5.41, 5.74) is 2.02. The number of methoxy groups -OCH3 is 1. The number of rotatable bonds is 3. The third-order valence-corrected chi connectivity index (χ3v) is 3.55. The molecule has 2 aromatic carbocycles. The first kappa shape index (κ1) is 14.5. The molecule has 0 spiro atoms. The molecule has 0 saturated carbocycles. The summed E-state index contributed by atoms with van der Waals surface area (Å²) in [4.78, 5) is 12.2. The zero-order chi connectivity index (χ0) is 15.7. The van der Waals surface area contributed by atoms with E-state index in [0.29, 0.717) is 21.9 Å². The van der Waals surface area contributed by atoms with E-state index < -0.39 is 0 Å². The molecule has 0 aliphatic heterocycles. The van der Waals surface area contributed by atoms with Gasteiger partial charge in [0.15, 0.2) is 5.43 Å². The molecule has 0 saturated heterocycles. The Labute approximate surface area is 132 Å². The number of aryl methyl sites for hydroxylation is 1. The number of fused-ring (bicyclic) bond motifs is 1. The Kier molecular flexibility index (Phi) is 3.77. The zero-order valence-electron chi connectivity index (χ0n) is 12.1. The maximum absolute atomic E-state index is 12.2. The van der Waals surface area contributed by atoms with Gasteiger partial charge in [-0.1, -0.05) is 11.6 Å². The summed E-state index contributed by atoms with van der Waals surface area (Å²) in [6, 6.07) is 12.1. The highest BCUT2D eigenvalue weighted by atomic mass is 35.5. The molecular formula is C17H14ClNO3. The van der Waals surface area contributed by atoms with Gasteiger partial charge in [-0.3, -0.25) is 4.79 Å². The van der Waals surface area contributed by atoms with E-state index >= 15 is 0 Å². The fourth-order valence-electron chi connectivity index (χ4n) is 2.26. The summed E-state index contributed by atoms with van der Waals surface area (Å²) in [6.07, 6.45) is 0. The summed E-state index contributed by atoms with van der Waals surface area (Å²) in [5.74, 6) is 1.14. The number of ether oxygens (including phenoxy) is 1. The highest BCUT2D eigenvalue weighted by molar-refractivity contribution is 6.31. The van der Waals surface area contributed by atoms with Crippen LogP contribution in [0.15, 0.2) is 51.7 Å². The van der Waals surface area contributed by atoms with Crippen LogP contribution in [0.2, 0.25) is 5.02 Å². The average Bonchev–Trinajstić information content (AvgIpc) is 2.49. The summed E-state index contributed by atoms with van der Waals surface area (Å²) in [5, 5.41) is 4.07. The van der Waals surface area contributed by atoms with Gasteiger partial charge >= 0.3 is 0 Å². The van der Waals surface area contributed by atoms with Crippen molar-refractivity contribution in [2.24, 2.45) is 0 Å². The molecule has 0 amide bonds. The molecule has 22 heavy (non-hydrogen) atoms. The molecule has 112 valence electrons. The van der Waals surface area contributed by atoms with Crippen LogP contribution in [0, 0.1) is 6.92 Å². The predicted octanol–water partition coefficient (Wildman–Crippen LogP) is 4.51. The largest absolute Gasteiger partial charge is 0.497 e. The van der Waals surface area contributed by atoms with Crippen molar-refractivity contribution < 1.29 is 9.15 Å². The predicted molar refractivity (Wildman–Crippen MR) is 88.5 cm³/mol. The van der Waals surface area contributed by atoms with Crippen molar-refractivity contribution in [3.05, 3.63) is 63.3 Å². The van der Waals surface area contributed by atoms with Crippen molar-refractivity contribution >= 4 is 34.1 Å². The van der Waals surface area contributed by atoms with E-state index in [1.165, 1.54) is 6.07 Å². The Hall–Kier alpha value is -2.46. The fourth-order valence-corrected chi connectivity index (χ4v) is 2.54. The third kappa shape index (κ3) is 2.78. The van der Waals surface area contributed by atoms with Gasteiger partial charge in [0.2, 0.25) is 5.88 Å². The molecular weight excluding hydrogens is 302 g/mol. The molecule has 3 aromatic rings. The third-order valence-electron chi connectivity index (χ3n) is 3.34. The van der Waals surface area contributed by atoms with Gasteiger partial charge in [-0.2, -0.15) is 0 Å². The van der Waals surface area contributed by atoms with Gasteiger partial charge in [-0.05, 0) is 48.9 Å². The average molecular weight is 316 g/mol. The maximum Gasteiger partial charge on any atom is 0.201 e. The fraction of sp³-hybridized carbons (Fsp3) is 0.118. The number of halogens is 1. The second kappa shape index (κ2) is 5.73. The smallest absolute Gasteiger partial charge is 0.201 e. The molecule has 0 fully saturated rings. The van der Waals surface area contributed by atoms with E-state index in [0.717, 1.165) is 17.0 Å². The summed E-state index contributed by atoms with van der Waals surface area (Å²) in [7, 11) is 1.61. The van der Waals surface area contributed by atoms with Gasteiger partial charge in [-0.15, -0.1) is 0 Å². The van der Waals surface area contributed by atoms with Gasteiger partial charge in [0.25, 0.3) is 0 Å². The number of anilines is 2. The van der Waals surface area contributed by atoms with Gasteiger partial charge in [-0.25, -0.2) is 0 Å². The highest BCUT2D eigenvalue weighted by Gasteiger charge is 2.09. The molecule has 5 heteroatoms. The van der Waals surface area contributed by atoms with Gasteiger partial charge < -0.3 is 14.5 Å². The van der Waals surface area contributed by atoms with Crippen LogP contribution in [-0.4, -0.2) is 7.11 Å². The Morgan fingerprint density at radius 3 is 2.55 bits per heavy atom. The zero-order valence-corrected chi connectivity index (χ0v) is 12.9. The lowest BCUT2D eigenvalue weighted by atomic mass is 10.1. The molecule has 0 atom stereocenters. The molecule has 0 unspecified atom stereocenters. The molecule has 1 aromatic heterocycles. The lowest BCUT2D eigenvalue weighted by Crippen LogP contribution is -2.03. The van der Waals surface area contributed by atoms with Crippen molar-refractivity contribution in [3.63, 3.8) is 0 Å². The van der Waals surface area contributed by atoms with Crippen molar-refractivity contribution in [2.45, 2.75) is 6.92 Å². The molecule has 1 N–H and O–H groups in total. The summed E-state index contributed by atoms with van der Waals surface area (Å²) in [6.45, 7) is 1.86. The van der Waals surface area contributed by atoms with Crippen LogP contribution in [0.5, 0.6) is 5.75 Å². The van der Waals surface area contributed by atoms with Gasteiger partial charge in [0.05, 0.1) is 12.5 Å². The lowest BCUT2D eigenvalue weighted by Gasteiger charge is -2.08. The van der Waals surface area contributed by atoms with E-state index in [9.17, 15) is 4.79 Å². The lowest BCUT2D eigenvalue weighted by molar-refractivity contribution is 0.415. The summed E-state index contributed by atoms with van der Waals surface area (Å²) >= 11 is 5.99. The number of benzene rings is 2. The molecule has 0 bridgehead atoms. The van der Waals surface area contributed by atoms with Crippen molar-refractivity contribution in [2.75, 3.05) is 12.4 Å². The van der Waals surface area contributed by atoms with Crippen LogP contribution in [0.4, 0.5) is 11.6 Å². The first-order valence-electron chi connectivity index (χ1n) is 6.72. The van der Waals surface area contributed by atoms with Gasteiger partial charge in [0, 0.05) is 16.8 Å². The quantitative estimate of drug-likeness (QED) is 0.772. The van der Waals surface area contributed by atoms with Crippen LogP contribution < -0.4 is 15.5 Å². The molecule has 3 rings (SSSR count). The minimum Gasteiger partial charge on any atom is -0.497 e. The first-order chi connectivity index (χ1) is 10.6. The van der Waals surface area contributed by atoms with Gasteiger partial charge in [0.1, 0.15) is 11.3 Å². The Morgan fingerprint density at radius 2 is 1.86 bits per heavy atom. The highest BCUT2D eigenvalue weighted by Crippen LogP contribution is 2.25. The van der Waals surface area contributed by atoms with E-state index in [2.05, 4.69) is 5.32 Å². The van der Waals surface area contributed by atoms with Crippen LogP contribution in [0.25, 0.3) is 11.0 Å². The standard InChI is InChI=1S/C17H14ClNO3/c1-10-7-11(18)8-14-15(20)9-16(22-17(10)14)19-12-3-5-13(21-2)6-4-12/h3-9,19H,1-2H3. The Balaban J connectivity index is 2.02. The van der Waals surface area contributed by atoms with E-state index in [-0.39, 0.29) is 5.43 Å². The normalized spacial score (nSPS) is 10.7. The monoisotopic (exact) mass is 315 g/mol. The van der Waals surface area contributed by atoms with E-state index in [1.807, 2.05) is 31.2 Å². The molecule has 0 aliphatic rings. The topological polar surface area (TPSA) is 51.5 Å². The first-order valence-corrected chi connectivity index (χ1v) is 7.10. The number of nitrogens with one attached hydrogen (secondary N) is 1. The minimum absolute atomic E-state index is 0.136. The van der Waals surface area contributed by atoms with Crippen LogP contribution in [0.3, 0.4) is 0 Å². The molecule has 1 heterocycles. The van der Waals surface area contributed by atoms with Crippen LogP contribution >= 0.6 is 11.6 Å². The minimum atomic E-state index is -0.136. The number of hydrogen-bond donors (Lipinski definition) is 1. The van der Waals surface area contributed by atoms with E-state index in [4.69, 9.17) is 20.8 Å². The Morgan fingerprint density at radius 1 is 1.14 bits per heavy atom. The maximum atomic E-state index is 12.2. The van der Waals surface area contributed by atoms with Crippen molar-refractivity contribution in [1.29, 1.82) is 0 Å². The van der Waals surface area contributed by atoms with Crippen LogP contribution in [-0.2, 0) is 0 Å². The number of hydrogen-bond acceptors (Lipinski definition) is 4.